The van der Waals surface area contributed by atoms with E-state index in [2.05, 4.69) is 4.72 Å². The van der Waals surface area contributed by atoms with Crippen molar-refractivity contribution in [1.82, 2.24) is 0 Å². The maximum atomic E-state index is 12.0. The van der Waals surface area contributed by atoms with Gasteiger partial charge in [-0.3, -0.25) is 9.52 Å². The number of nitrogens with one attached hydrogen (secondary N) is 1. The molecule has 0 saturated heterocycles. The zero-order valence-corrected chi connectivity index (χ0v) is 13.6. The molecule has 0 aromatic heterocycles. The number of Topliss-reactive ketones (excluding diaryl/α,β-unsaturated/α-hetero) is 1. The number of carbonyl (C=O) groups excluding carboxylic acids is 1. The molecule has 118 valence electrons. The van der Waals surface area contributed by atoms with Gasteiger partial charge in [0.2, 0.25) is 10.0 Å². The lowest BCUT2D eigenvalue weighted by Crippen LogP contribution is -2.17. The lowest BCUT2D eigenvalue weighted by Gasteiger charge is -2.14. The van der Waals surface area contributed by atoms with Gasteiger partial charge in [0, 0.05) is 5.56 Å². The number of hydrogen-bond acceptors (Lipinski definition) is 4. The summed E-state index contributed by atoms with van der Waals surface area (Å²) < 4.78 is 32.1. The summed E-state index contributed by atoms with van der Waals surface area (Å²) >= 11 is 0. The monoisotopic (exact) mass is 313 g/mol. The predicted octanol–water partition coefficient (Wildman–Crippen LogP) is 3.22. The Morgan fingerprint density at radius 2 is 1.95 bits per heavy atom. The van der Waals surface area contributed by atoms with Gasteiger partial charge in [-0.2, -0.15) is 0 Å². The fourth-order valence-corrected chi connectivity index (χ4v) is 2.98. The number of unbranched alkanes of at least 4 members (excludes halogenated alkanes) is 1. The molecule has 1 aromatic rings. The molecule has 0 saturated carbocycles. The Labute approximate surface area is 126 Å². The van der Waals surface area contributed by atoms with Crippen molar-refractivity contribution in [3.05, 3.63) is 23.8 Å². The Balaban J connectivity index is 3.04. The van der Waals surface area contributed by atoms with Gasteiger partial charge in [-0.25, -0.2) is 8.42 Å². The summed E-state index contributed by atoms with van der Waals surface area (Å²) in [7, 11) is -3.43. The van der Waals surface area contributed by atoms with Crippen LogP contribution >= 0.6 is 0 Å². The summed E-state index contributed by atoms with van der Waals surface area (Å²) in [5.41, 5.74) is 0.777. The van der Waals surface area contributed by atoms with Gasteiger partial charge in [0.1, 0.15) is 5.75 Å². The highest BCUT2D eigenvalue weighted by Gasteiger charge is 2.15. The smallest absolute Gasteiger partial charge is 0.232 e. The van der Waals surface area contributed by atoms with Crippen molar-refractivity contribution >= 4 is 21.5 Å². The van der Waals surface area contributed by atoms with Crippen molar-refractivity contribution in [2.24, 2.45) is 0 Å². The largest absolute Gasteiger partial charge is 0.491 e. The lowest BCUT2D eigenvalue weighted by atomic mass is 10.1. The van der Waals surface area contributed by atoms with Gasteiger partial charge in [-0.05, 0) is 38.0 Å². The van der Waals surface area contributed by atoms with Crippen molar-refractivity contribution < 1.29 is 17.9 Å². The van der Waals surface area contributed by atoms with Gasteiger partial charge in [-0.1, -0.05) is 20.3 Å². The highest BCUT2D eigenvalue weighted by Crippen LogP contribution is 2.27. The molecule has 0 bridgehead atoms. The maximum absolute atomic E-state index is 12.0. The predicted molar refractivity (Wildman–Crippen MR) is 84.6 cm³/mol. The Kier molecular flexibility index (Phi) is 6.68. The van der Waals surface area contributed by atoms with Gasteiger partial charge < -0.3 is 4.74 Å². The molecule has 1 N–H and O–H groups in total. The SMILES string of the molecule is CCCCS(=O)(=O)Nc1cc(C(C)=O)ccc1OCCC. The van der Waals surface area contributed by atoms with Crippen LogP contribution in [0.2, 0.25) is 0 Å². The molecule has 0 heterocycles. The van der Waals surface area contributed by atoms with E-state index >= 15 is 0 Å². The molecule has 21 heavy (non-hydrogen) atoms. The first kappa shape index (κ1) is 17.5. The number of benzene rings is 1. The van der Waals surface area contributed by atoms with Gasteiger partial charge in [0.05, 0.1) is 18.0 Å². The van der Waals surface area contributed by atoms with Crippen LogP contribution in [0.3, 0.4) is 0 Å². The van der Waals surface area contributed by atoms with E-state index in [0.717, 1.165) is 12.8 Å². The molecule has 6 heteroatoms. The highest BCUT2D eigenvalue weighted by molar-refractivity contribution is 7.92. The van der Waals surface area contributed by atoms with Crippen molar-refractivity contribution in [3.8, 4) is 5.75 Å². The minimum atomic E-state index is -3.43. The van der Waals surface area contributed by atoms with Crippen LogP contribution < -0.4 is 9.46 Å². The minimum absolute atomic E-state index is 0.0566. The molecule has 5 nitrogen and oxygen atoms in total. The van der Waals surface area contributed by atoms with Crippen molar-refractivity contribution in [2.45, 2.75) is 40.0 Å². The van der Waals surface area contributed by atoms with E-state index in [1.54, 1.807) is 12.1 Å². The molecular weight excluding hydrogens is 290 g/mol. The zero-order valence-electron chi connectivity index (χ0n) is 12.8. The fraction of sp³-hybridized carbons (Fsp3) is 0.533. The molecule has 1 aromatic carbocycles. The number of ether oxygens (including phenoxy) is 1. The van der Waals surface area contributed by atoms with Crippen molar-refractivity contribution in [3.63, 3.8) is 0 Å². The number of ketones is 1. The molecule has 1 rings (SSSR count). The second-order valence-electron chi connectivity index (χ2n) is 4.89. The summed E-state index contributed by atoms with van der Waals surface area (Å²) in [6.45, 7) is 5.83. The third kappa shape index (κ3) is 5.75. The minimum Gasteiger partial charge on any atom is -0.491 e. The topological polar surface area (TPSA) is 72.5 Å². The first-order chi connectivity index (χ1) is 9.89. The Morgan fingerprint density at radius 1 is 1.24 bits per heavy atom. The zero-order chi connectivity index (χ0) is 15.9. The second-order valence-corrected chi connectivity index (χ2v) is 6.73. The van der Waals surface area contributed by atoms with Crippen LogP contribution in [0.25, 0.3) is 0 Å². The summed E-state index contributed by atoms with van der Waals surface area (Å²) in [6, 6.07) is 4.79. The lowest BCUT2D eigenvalue weighted by molar-refractivity contribution is 0.101. The molecule has 0 aliphatic carbocycles. The standard InChI is InChI=1S/C15H23NO4S/c1-4-6-10-21(18,19)16-14-11-13(12(3)17)7-8-15(14)20-9-5-2/h7-8,11,16H,4-6,9-10H2,1-3H3. The first-order valence-corrected chi connectivity index (χ1v) is 8.83. The van der Waals surface area contributed by atoms with Crippen LogP contribution in [0, 0.1) is 0 Å². The van der Waals surface area contributed by atoms with E-state index in [0.29, 0.717) is 30.0 Å². The molecule has 0 unspecified atom stereocenters. The third-order valence-corrected chi connectivity index (χ3v) is 4.24. The van der Waals surface area contributed by atoms with Crippen LogP contribution in [-0.2, 0) is 10.0 Å². The highest BCUT2D eigenvalue weighted by atomic mass is 32.2. The number of rotatable bonds is 9. The maximum Gasteiger partial charge on any atom is 0.232 e. The fourth-order valence-electron chi connectivity index (χ4n) is 1.72. The van der Waals surface area contributed by atoms with Crippen LogP contribution in [0.5, 0.6) is 5.75 Å². The van der Waals surface area contributed by atoms with Gasteiger partial charge >= 0.3 is 0 Å². The Bertz CT molecular complexity index is 581. The average Bonchev–Trinajstić information content (AvgIpc) is 2.43. The number of carbonyl (C=O) groups is 1. The first-order valence-electron chi connectivity index (χ1n) is 7.18. The van der Waals surface area contributed by atoms with Crippen LogP contribution in [-0.4, -0.2) is 26.6 Å². The molecular formula is C15H23NO4S. The molecule has 0 atom stereocenters. The summed E-state index contributed by atoms with van der Waals surface area (Å²) in [4.78, 5) is 11.4. The van der Waals surface area contributed by atoms with Gasteiger partial charge in [0.25, 0.3) is 0 Å². The summed E-state index contributed by atoms with van der Waals surface area (Å²) in [5, 5.41) is 0. The normalized spacial score (nSPS) is 11.2. The molecule has 0 spiro atoms. The van der Waals surface area contributed by atoms with E-state index in [9.17, 15) is 13.2 Å². The molecule has 0 radical (unpaired) electrons. The number of anilines is 1. The van der Waals surface area contributed by atoms with E-state index in [-0.39, 0.29) is 11.5 Å². The number of sulfonamides is 1. The summed E-state index contributed by atoms with van der Waals surface area (Å²) in [5.74, 6) is 0.383. The Morgan fingerprint density at radius 3 is 2.52 bits per heavy atom. The van der Waals surface area contributed by atoms with Crippen molar-refractivity contribution in [1.29, 1.82) is 0 Å². The second kappa shape index (κ2) is 8.02. The van der Waals surface area contributed by atoms with Crippen molar-refractivity contribution in [2.75, 3.05) is 17.1 Å². The van der Waals surface area contributed by atoms with Crippen LogP contribution in [0.4, 0.5) is 5.69 Å². The van der Waals surface area contributed by atoms with Crippen LogP contribution in [0.1, 0.15) is 50.4 Å². The van der Waals surface area contributed by atoms with E-state index in [1.807, 2.05) is 13.8 Å². The Hall–Kier alpha value is -1.56. The van der Waals surface area contributed by atoms with Gasteiger partial charge in [0.15, 0.2) is 5.78 Å². The molecule has 0 aliphatic rings. The van der Waals surface area contributed by atoms with E-state index in [4.69, 9.17) is 4.74 Å². The van der Waals surface area contributed by atoms with E-state index < -0.39 is 10.0 Å². The van der Waals surface area contributed by atoms with Crippen LogP contribution in [0.15, 0.2) is 18.2 Å². The molecule has 0 amide bonds. The quantitative estimate of drug-likeness (QED) is 0.710. The van der Waals surface area contributed by atoms with E-state index in [1.165, 1.54) is 13.0 Å². The summed E-state index contributed by atoms with van der Waals surface area (Å²) in [6.07, 6.45) is 2.21. The molecule has 0 aliphatic heterocycles. The molecule has 0 fully saturated rings. The van der Waals surface area contributed by atoms with Gasteiger partial charge in [-0.15, -0.1) is 0 Å². The third-order valence-electron chi connectivity index (χ3n) is 2.88. The number of hydrogen-bond donors (Lipinski definition) is 1. The average molecular weight is 313 g/mol.